The third-order valence-electron chi connectivity index (χ3n) is 2.11. The second kappa shape index (κ2) is 3.98. The molecule has 1 atom stereocenters. The maximum Gasteiger partial charge on any atom is 0.228 e. The number of rotatable bonds is 1. The zero-order chi connectivity index (χ0) is 10.1. The van der Waals surface area contributed by atoms with E-state index in [-0.39, 0.29) is 10.7 Å². The number of halogens is 2. The summed E-state index contributed by atoms with van der Waals surface area (Å²) < 4.78 is 0.718. The summed E-state index contributed by atoms with van der Waals surface area (Å²) in [4.78, 5) is 17.7. The van der Waals surface area contributed by atoms with Gasteiger partial charge in [-0.2, -0.15) is 0 Å². The minimum atomic E-state index is 0.139. The molecule has 0 aromatic carbocycles. The first-order chi connectivity index (χ1) is 6.68. The summed E-state index contributed by atoms with van der Waals surface area (Å²) in [5.41, 5.74) is 0.847. The molecule has 1 aliphatic heterocycles. The molecule has 1 aromatic rings. The van der Waals surface area contributed by atoms with Crippen LogP contribution in [0.15, 0.2) is 22.9 Å². The van der Waals surface area contributed by atoms with Crippen molar-refractivity contribution in [3.63, 3.8) is 0 Å². The van der Waals surface area contributed by atoms with Crippen LogP contribution in [0.4, 0.5) is 5.69 Å². The van der Waals surface area contributed by atoms with Gasteiger partial charge in [0, 0.05) is 24.0 Å². The number of nitrogens with zero attached hydrogens (tertiary/aromatic N) is 2. The van der Waals surface area contributed by atoms with Crippen molar-refractivity contribution in [1.29, 1.82) is 0 Å². The Labute approximate surface area is 98.8 Å². The van der Waals surface area contributed by atoms with E-state index >= 15 is 0 Å². The van der Waals surface area contributed by atoms with E-state index < -0.39 is 0 Å². The van der Waals surface area contributed by atoms with Gasteiger partial charge in [-0.1, -0.05) is 15.9 Å². The molecule has 5 heteroatoms. The Balaban J connectivity index is 2.32. The van der Waals surface area contributed by atoms with E-state index in [9.17, 15) is 4.79 Å². The Hall–Kier alpha value is -0.420. The lowest BCUT2D eigenvalue weighted by atomic mass is 10.4. The van der Waals surface area contributed by atoms with E-state index in [1.807, 2.05) is 12.1 Å². The van der Waals surface area contributed by atoms with Crippen LogP contribution in [-0.4, -0.2) is 22.3 Å². The maximum absolute atomic E-state index is 11.6. The molecule has 0 N–H and O–H groups in total. The second-order valence-electron chi connectivity index (χ2n) is 3.12. The van der Waals surface area contributed by atoms with Gasteiger partial charge in [0.15, 0.2) is 0 Å². The molecule has 0 spiro atoms. The van der Waals surface area contributed by atoms with E-state index in [0.29, 0.717) is 13.0 Å². The molecular formula is C9H8Br2N2O. The Morgan fingerprint density at radius 2 is 2.36 bits per heavy atom. The van der Waals surface area contributed by atoms with Crippen LogP contribution in [0.2, 0.25) is 0 Å². The van der Waals surface area contributed by atoms with Crippen molar-refractivity contribution in [1.82, 2.24) is 4.98 Å². The normalized spacial score (nSPS) is 21.7. The SMILES string of the molecule is O=C1CC(Br)CN1c1cccnc1Br. The zero-order valence-electron chi connectivity index (χ0n) is 7.28. The molecule has 2 rings (SSSR count). The van der Waals surface area contributed by atoms with Crippen LogP contribution in [0, 0.1) is 0 Å². The number of pyridine rings is 1. The highest BCUT2D eigenvalue weighted by Crippen LogP contribution is 2.29. The number of amides is 1. The van der Waals surface area contributed by atoms with Gasteiger partial charge in [0.05, 0.1) is 5.69 Å². The predicted molar refractivity (Wildman–Crippen MR) is 61.6 cm³/mol. The number of aromatic nitrogens is 1. The third kappa shape index (κ3) is 1.83. The highest BCUT2D eigenvalue weighted by Gasteiger charge is 2.29. The molecule has 0 saturated carbocycles. The topological polar surface area (TPSA) is 33.2 Å². The van der Waals surface area contributed by atoms with Gasteiger partial charge in [-0.05, 0) is 28.1 Å². The molecule has 2 heterocycles. The number of hydrogen-bond donors (Lipinski definition) is 0. The summed E-state index contributed by atoms with van der Waals surface area (Å²) in [7, 11) is 0. The second-order valence-corrected chi connectivity index (χ2v) is 5.17. The van der Waals surface area contributed by atoms with Crippen LogP contribution in [0.3, 0.4) is 0 Å². The molecule has 0 aliphatic carbocycles. The average molecular weight is 320 g/mol. The molecule has 1 aromatic heterocycles. The van der Waals surface area contributed by atoms with Crippen LogP contribution >= 0.6 is 31.9 Å². The average Bonchev–Trinajstić information content (AvgIpc) is 2.46. The van der Waals surface area contributed by atoms with Crippen molar-refractivity contribution >= 4 is 43.5 Å². The van der Waals surface area contributed by atoms with Gasteiger partial charge < -0.3 is 4.90 Å². The van der Waals surface area contributed by atoms with E-state index in [1.165, 1.54) is 0 Å². The highest BCUT2D eigenvalue weighted by atomic mass is 79.9. The monoisotopic (exact) mass is 318 g/mol. The molecule has 0 bridgehead atoms. The Morgan fingerprint density at radius 1 is 1.57 bits per heavy atom. The van der Waals surface area contributed by atoms with Crippen molar-refractivity contribution in [2.75, 3.05) is 11.4 Å². The zero-order valence-corrected chi connectivity index (χ0v) is 10.5. The molecule has 74 valence electrons. The number of carbonyl (C=O) groups excluding carboxylic acids is 1. The maximum atomic E-state index is 11.6. The lowest BCUT2D eigenvalue weighted by molar-refractivity contribution is -0.117. The first-order valence-corrected chi connectivity index (χ1v) is 5.94. The van der Waals surface area contributed by atoms with Crippen molar-refractivity contribution in [3.8, 4) is 0 Å². The van der Waals surface area contributed by atoms with Crippen molar-refractivity contribution in [3.05, 3.63) is 22.9 Å². The van der Waals surface area contributed by atoms with Crippen molar-refractivity contribution in [2.45, 2.75) is 11.2 Å². The molecular weight excluding hydrogens is 312 g/mol. The summed E-state index contributed by atoms with van der Waals surface area (Å²) >= 11 is 6.78. The van der Waals surface area contributed by atoms with Crippen LogP contribution in [0.25, 0.3) is 0 Å². The molecule has 1 amide bonds. The third-order valence-corrected chi connectivity index (χ3v) is 3.33. The van der Waals surface area contributed by atoms with E-state index in [4.69, 9.17) is 0 Å². The lowest BCUT2D eigenvalue weighted by Crippen LogP contribution is -2.25. The molecule has 1 saturated heterocycles. The molecule has 1 aliphatic rings. The first kappa shape index (κ1) is 10.1. The summed E-state index contributed by atoms with van der Waals surface area (Å²) in [6, 6.07) is 3.72. The van der Waals surface area contributed by atoms with Crippen LogP contribution in [0.1, 0.15) is 6.42 Å². The van der Waals surface area contributed by atoms with Gasteiger partial charge in [-0.3, -0.25) is 4.79 Å². The largest absolute Gasteiger partial charge is 0.309 e. The van der Waals surface area contributed by atoms with Gasteiger partial charge in [-0.15, -0.1) is 0 Å². The minimum absolute atomic E-state index is 0.139. The van der Waals surface area contributed by atoms with Crippen molar-refractivity contribution in [2.24, 2.45) is 0 Å². The first-order valence-electron chi connectivity index (χ1n) is 4.23. The molecule has 0 radical (unpaired) electrons. The number of hydrogen-bond acceptors (Lipinski definition) is 2. The quantitative estimate of drug-likeness (QED) is 0.588. The lowest BCUT2D eigenvalue weighted by Gasteiger charge is -2.16. The fourth-order valence-electron chi connectivity index (χ4n) is 1.48. The standard InChI is InChI=1S/C9H8Br2N2O/c10-6-4-8(14)13(5-6)7-2-1-3-12-9(7)11/h1-3,6H,4-5H2. The van der Waals surface area contributed by atoms with Crippen molar-refractivity contribution < 1.29 is 4.79 Å². The van der Waals surface area contributed by atoms with E-state index in [2.05, 4.69) is 36.8 Å². The molecule has 1 fully saturated rings. The number of alkyl halides is 1. The fraction of sp³-hybridized carbons (Fsp3) is 0.333. The van der Waals surface area contributed by atoms with Crippen LogP contribution < -0.4 is 4.90 Å². The van der Waals surface area contributed by atoms with Gasteiger partial charge in [0.25, 0.3) is 0 Å². The molecule has 3 nitrogen and oxygen atoms in total. The Bertz CT molecular complexity index is 370. The number of anilines is 1. The summed E-state index contributed by atoms with van der Waals surface area (Å²) in [6.45, 7) is 0.711. The Morgan fingerprint density at radius 3 is 2.93 bits per heavy atom. The van der Waals surface area contributed by atoms with Gasteiger partial charge in [0.1, 0.15) is 4.60 Å². The summed E-state index contributed by atoms with van der Waals surface area (Å²) in [6.07, 6.45) is 2.25. The molecule has 1 unspecified atom stereocenters. The summed E-state index contributed by atoms with van der Waals surface area (Å²) in [5.74, 6) is 0.139. The fourth-order valence-corrected chi connectivity index (χ4v) is 2.51. The van der Waals surface area contributed by atoms with Gasteiger partial charge in [-0.25, -0.2) is 4.98 Å². The highest BCUT2D eigenvalue weighted by molar-refractivity contribution is 9.10. The van der Waals surface area contributed by atoms with E-state index in [0.717, 1.165) is 10.3 Å². The predicted octanol–water partition coefficient (Wildman–Crippen LogP) is 2.34. The minimum Gasteiger partial charge on any atom is -0.309 e. The number of carbonyl (C=O) groups is 1. The Kier molecular flexibility index (Phi) is 2.88. The van der Waals surface area contributed by atoms with E-state index in [1.54, 1.807) is 11.1 Å². The van der Waals surface area contributed by atoms with Gasteiger partial charge in [0.2, 0.25) is 5.91 Å². The van der Waals surface area contributed by atoms with Crippen LogP contribution in [-0.2, 0) is 4.79 Å². The van der Waals surface area contributed by atoms with Gasteiger partial charge >= 0.3 is 0 Å². The van der Waals surface area contributed by atoms with Crippen LogP contribution in [0.5, 0.6) is 0 Å². The summed E-state index contributed by atoms with van der Waals surface area (Å²) in [5, 5.41) is 0. The molecule has 14 heavy (non-hydrogen) atoms. The smallest absolute Gasteiger partial charge is 0.228 e.